The van der Waals surface area contributed by atoms with Crippen LogP contribution in [0.5, 0.6) is 5.75 Å². The van der Waals surface area contributed by atoms with Gasteiger partial charge in [0.1, 0.15) is 5.75 Å². The highest BCUT2D eigenvalue weighted by Crippen LogP contribution is 2.34. The Morgan fingerprint density at radius 3 is 2.81 bits per heavy atom. The second kappa shape index (κ2) is 7.34. The molecule has 1 fully saturated rings. The molecule has 0 spiro atoms. The van der Waals surface area contributed by atoms with Crippen molar-refractivity contribution < 1.29 is 4.74 Å². The molecule has 0 radical (unpaired) electrons. The molecule has 0 aromatic heterocycles. The first-order valence-electron chi connectivity index (χ1n) is 8.02. The largest absolute Gasteiger partial charge is 0.493 e. The summed E-state index contributed by atoms with van der Waals surface area (Å²) in [5, 5.41) is 1.87. The zero-order valence-corrected chi connectivity index (χ0v) is 14.8. The number of benzene rings is 1. The van der Waals surface area contributed by atoms with Crippen molar-refractivity contribution in [2.24, 2.45) is 0 Å². The summed E-state index contributed by atoms with van der Waals surface area (Å²) >= 11 is 9.90. The van der Waals surface area contributed by atoms with Crippen LogP contribution >= 0.6 is 27.5 Å². The number of fused-ring (bicyclic) bond motifs is 1. The van der Waals surface area contributed by atoms with Gasteiger partial charge < -0.3 is 4.74 Å². The van der Waals surface area contributed by atoms with Gasteiger partial charge in [0.25, 0.3) is 0 Å². The minimum absolute atomic E-state index is 0.715. The van der Waals surface area contributed by atoms with Crippen LogP contribution in [0.3, 0.4) is 0 Å². The standard InChI is InChI=1S/C17H23BrClNO/c18-7-8-20(16-4-2-1-3-5-16)12-14-11-15(19)10-13-6-9-21-17(13)14/h10-11,16H,1-9,12H2. The molecule has 0 atom stereocenters. The van der Waals surface area contributed by atoms with E-state index in [9.17, 15) is 0 Å². The second-order valence-electron chi connectivity index (χ2n) is 6.10. The average Bonchev–Trinajstić information content (AvgIpc) is 2.96. The minimum Gasteiger partial charge on any atom is -0.493 e. The molecular formula is C17H23BrClNO. The fraction of sp³-hybridized carbons (Fsp3) is 0.647. The number of halogens is 2. The van der Waals surface area contributed by atoms with Gasteiger partial charge in [-0.2, -0.15) is 0 Å². The first-order chi connectivity index (χ1) is 10.3. The van der Waals surface area contributed by atoms with E-state index < -0.39 is 0 Å². The first-order valence-corrected chi connectivity index (χ1v) is 9.52. The van der Waals surface area contributed by atoms with E-state index in [0.29, 0.717) is 6.04 Å². The van der Waals surface area contributed by atoms with Crippen LogP contribution in [0.15, 0.2) is 12.1 Å². The van der Waals surface area contributed by atoms with Crippen molar-refractivity contribution in [1.29, 1.82) is 0 Å². The van der Waals surface area contributed by atoms with Crippen LogP contribution in [-0.2, 0) is 13.0 Å². The highest BCUT2D eigenvalue weighted by Gasteiger charge is 2.24. The molecule has 1 heterocycles. The Labute approximate surface area is 140 Å². The Balaban J connectivity index is 1.79. The molecule has 1 aliphatic heterocycles. The van der Waals surface area contributed by atoms with Gasteiger partial charge in [0.2, 0.25) is 0 Å². The maximum atomic E-state index is 6.29. The summed E-state index contributed by atoms with van der Waals surface area (Å²) < 4.78 is 5.85. The lowest BCUT2D eigenvalue weighted by Crippen LogP contribution is -2.37. The van der Waals surface area contributed by atoms with Gasteiger partial charge in [0.05, 0.1) is 6.61 Å². The summed E-state index contributed by atoms with van der Waals surface area (Å²) in [5.74, 6) is 1.09. The van der Waals surface area contributed by atoms with Crippen molar-refractivity contribution in [2.75, 3.05) is 18.5 Å². The van der Waals surface area contributed by atoms with E-state index in [1.807, 2.05) is 0 Å². The van der Waals surface area contributed by atoms with E-state index in [2.05, 4.69) is 33.0 Å². The summed E-state index contributed by atoms with van der Waals surface area (Å²) in [6, 6.07) is 4.87. The van der Waals surface area contributed by atoms with Crippen molar-refractivity contribution in [2.45, 2.75) is 51.1 Å². The van der Waals surface area contributed by atoms with Gasteiger partial charge in [0, 0.05) is 41.5 Å². The molecule has 1 saturated carbocycles. The molecule has 0 bridgehead atoms. The van der Waals surface area contributed by atoms with E-state index in [1.165, 1.54) is 43.2 Å². The van der Waals surface area contributed by atoms with Gasteiger partial charge in [-0.05, 0) is 30.5 Å². The topological polar surface area (TPSA) is 12.5 Å². The molecule has 1 aliphatic carbocycles. The Bertz CT molecular complexity index is 488. The van der Waals surface area contributed by atoms with E-state index in [4.69, 9.17) is 16.3 Å². The summed E-state index contributed by atoms with van der Waals surface area (Å²) in [6.07, 6.45) is 7.79. The number of hydrogen-bond acceptors (Lipinski definition) is 2. The van der Waals surface area contributed by atoms with Crippen LogP contribution in [0.1, 0.15) is 43.2 Å². The predicted octanol–water partition coefficient (Wildman–Crippen LogP) is 4.80. The molecule has 0 saturated heterocycles. The number of rotatable bonds is 5. The van der Waals surface area contributed by atoms with Crippen LogP contribution in [0.4, 0.5) is 0 Å². The van der Waals surface area contributed by atoms with Gasteiger partial charge >= 0.3 is 0 Å². The average molecular weight is 373 g/mol. The zero-order valence-electron chi connectivity index (χ0n) is 12.4. The molecule has 0 N–H and O–H groups in total. The van der Waals surface area contributed by atoms with Crippen molar-refractivity contribution in [3.05, 3.63) is 28.3 Å². The molecule has 21 heavy (non-hydrogen) atoms. The minimum atomic E-state index is 0.715. The molecule has 3 rings (SSSR count). The van der Waals surface area contributed by atoms with Crippen LogP contribution in [0, 0.1) is 0 Å². The number of ether oxygens (including phenoxy) is 1. The van der Waals surface area contributed by atoms with E-state index in [-0.39, 0.29) is 0 Å². The lowest BCUT2D eigenvalue weighted by atomic mass is 9.93. The van der Waals surface area contributed by atoms with Crippen molar-refractivity contribution in [1.82, 2.24) is 4.90 Å². The zero-order chi connectivity index (χ0) is 14.7. The molecule has 0 unspecified atom stereocenters. The molecule has 2 aliphatic rings. The predicted molar refractivity (Wildman–Crippen MR) is 91.7 cm³/mol. The SMILES string of the molecule is Clc1cc2c(c(CN(CCBr)C3CCCCC3)c1)OCC2. The molecule has 1 aromatic rings. The van der Waals surface area contributed by atoms with Crippen molar-refractivity contribution in [3.63, 3.8) is 0 Å². The smallest absolute Gasteiger partial charge is 0.127 e. The molecular weight excluding hydrogens is 350 g/mol. The van der Waals surface area contributed by atoms with Crippen LogP contribution in [0.25, 0.3) is 0 Å². The van der Waals surface area contributed by atoms with Crippen LogP contribution in [-0.4, -0.2) is 29.4 Å². The highest BCUT2D eigenvalue weighted by molar-refractivity contribution is 9.09. The molecule has 4 heteroatoms. The fourth-order valence-electron chi connectivity index (χ4n) is 3.63. The Morgan fingerprint density at radius 2 is 2.05 bits per heavy atom. The summed E-state index contributed by atoms with van der Waals surface area (Å²) in [4.78, 5) is 2.61. The van der Waals surface area contributed by atoms with Gasteiger partial charge in [-0.25, -0.2) is 0 Å². The van der Waals surface area contributed by atoms with Crippen LogP contribution in [0.2, 0.25) is 5.02 Å². The summed E-state index contributed by atoms with van der Waals surface area (Å²) in [6.45, 7) is 2.84. The Hall–Kier alpha value is -0.250. The van der Waals surface area contributed by atoms with Gasteiger partial charge in [0.15, 0.2) is 0 Å². The molecule has 116 valence electrons. The third kappa shape index (κ3) is 3.75. The summed E-state index contributed by atoms with van der Waals surface area (Å²) in [5.41, 5.74) is 2.54. The van der Waals surface area contributed by atoms with Crippen molar-refractivity contribution >= 4 is 27.5 Å². The highest BCUT2D eigenvalue weighted by atomic mass is 79.9. The third-order valence-electron chi connectivity index (χ3n) is 4.66. The fourth-order valence-corrected chi connectivity index (χ4v) is 4.35. The van der Waals surface area contributed by atoms with Gasteiger partial charge in [-0.15, -0.1) is 0 Å². The maximum absolute atomic E-state index is 6.29. The number of alkyl halides is 1. The lowest BCUT2D eigenvalue weighted by Gasteiger charge is -2.34. The van der Waals surface area contributed by atoms with E-state index in [0.717, 1.165) is 42.2 Å². The van der Waals surface area contributed by atoms with Crippen molar-refractivity contribution in [3.8, 4) is 5.75 Å². The Morgan fingerprint density at radius 1 is 1.24 bits per heavy atom. The summed E-state index contributed by atoms with van der Waals surface area (Å²) in [7, 11) is 0. The molecule has 2 nitrogen and oxygen atoms in total. The molecule has 0 amide bonds. The van der Waals surface area contributed by atoms with Crippen LogP contribution < -0.4 is 4.74 Å². The monoisotopic (exact) mass is 371 g/mol. The van der Waals surface area contributed by atoms with Gasteiger partial charge in [-0.3, -0.25) is 4.90 Å². The quantitative estimate of drug-likeness (QED) is 0.688. The Kier molecular flexibility index (Phi) is 5.47. The normalized spacial score (nSPS) is 18.8. The third-order valence-corrected chi connectivity index (χ3v) is 5.23. The number of nitrogens with zero attached hydrogens (tertiary/aromatic N) is 1. The lowest BCUT2D eigenvalue weighted by molar-refractivity contribution is 0.156. The first kappa shape index (κ1) is 15.6. The van der Waals surface area contributed by atoms with E-state index in [1.54, 1.807) is 0 Å². The molecule has 1 aromatic carbocycles. The number of hydrogen-bond donors (Lipinski definition) is 0. The second-order valence-corrected chi connectivity index (χ2v) is 7.33. The van der Waals surface area contributed by atoms with Gasteiger partial charge in [-0.1, -0.05) is 46.8 Å². The van der Waals surface area contributed by atoms with E-state index >= 15 is 0 Å². The maximum Gasteiger partial charge on any atom is 0.127 e.